The predicted molar refractivity (Wildman–Crippen MR) is 103 cm³/mol. The van der Waals surface area contributed by atoms with E-state index in [-0.39, 0.29) is 5.82 Å². The average Bonchev–Trinajstić information content (AvgIpc) is 3.25. The molecule has 0 unspecified atom stereocenters. The third kappa shape index (κ3) is 3.43. The molecule has 0 atom stereocenters. The van der Waals surface area contributed by atoms with Crippen molar-refractivity contribution in [1.29, 1.82) is 0 Å². The second kappa shape index (κ2) is 7.23. The van der Waals surface area contributed by atoms with Crippen molar-refractivity contribution in [2.45, 2.75) is 26.8 Å². The van der Waals surface area contributed by atoms with E-state index in [1.54, 1.807) is 24.7 Å². The lowest BCUT2D eigenvalue weighted by molar-refractivity contribution is 0.494. The number of nitrogens with zero attached hydrogens (tertiary/aromatic N) is 3. The summed E-state index contributed by atoms with van der Waals surface area (Å²) < 4.78 is 21.0. The Kier molecular flexibility index (Phi) is 4.62. The zero-order chi connectivity index (χ0) is 18.8. The number of fused-ring (bicyclic) bond motifs is 1. The molecule has 0 aliphatic rings. The van der Waals surface area contributed by atoms with Crippen LogP contribution in [0, 0.1) is 19.7 Å². The van der Waals surface area contributed by atoms with Crippen molar-refractivity contribution in [1.82, 2.24) is 14.5 Å². The van der Waals surface area contributed by atoms with Gasteiger partial charge in [0.2, 0.25) is 0 Å². The lowest BCUT2D eigenvalue weighted by Crippen LogP contribution is -2.08. The summed E-state index contributed by atoms with van der Waals surface area (Å²) in [6, 6.07) is 10.5. The molecule has 6 heteroatoms. The Morgan fingerprint density at radius 1 is 1.15 bits per heavy atom. The summed E-state index contributed by atoms with van der Waals surface area (Å²) in [6.45, 7) is 5.45. The number of hydrogen-bond donors (Lipinski definition) is 1. The van der Waals surface area contributed by atoms with Crippen LogP contribution in [0.4, 0.5) is 10.2 Å². The molecule has 0 amide bonds. The molecule has 0 spiro atoms. The van der Waals surface area contributed by atoms with Crippen LogP contribution in [-0.4, -0.2) is 21.1 Å². The Bertz CT molecular complexity index is 1070. The topological polar surface area (TPSA) is 55.9 Å². The Labute approximate surface area is 156 Å². The minimum Gasteiger partial charge on any atom is -0.467 e. The van der Waals surface area contributed by atoms with Gasteiger partial charge < -0.3 is 14.3 Å². The average molecular weight is 364 g/mol. The zero-order valence-corrected chi connectivity index (χ0v) is 15.4. The van der Waals surface area contributed by atoms with Gasteiger partial charge >= 0.3 is 0 Å². The standard InChI is InChI=1S/C21H21FN4O/c1-14-15(2)26(12-18-7-4-10-27-18)21-19(14)20(24-13-25-21)23-9-8-16-5-3-6-17(22)11-16/h3-7,10-11,13H,8-9,12H2,1-2H3,(H,23,24,25). The second-order valence-electron chi connectivity index (χ2n) is 6.60. The highest BCUT2D eigenvalue weighted by molar-refractivity contribution is 5.91. The van der Waals surface area contributed by atoms with Gasteiger partial charge in [0.25, 0.3) is 0 Å². The summed E-state index contributed by atoms with van der Waals surface area (Å²) in [5.41, 5.74) is 4.11. The number of benzene rings is 1. The van der Waals surface area contributed by atoms with Gasteiger partial charge in [0, 0.05) is 12.2 Å². The van der Waals surface area contributed by atoms with Crippen LogP contribution < -0.4 is 5.32 Å². The minimum atomic E-state index is -0.210. The summed E-state index contributed by atoms with van der Waals surface area (Å²) in [5, 5.41) is 4.40. The smallest absolute Gasteiger partial charge is 0.146 e. The number of rotatable bonds is 6. The van der Waals surface area contributed by atoms with Crippen molar-refractivity contribution >= 4 is 16.9 Å². The summed E-state index contributed by atoms with van der Waals surface area (Å²) >= 11 is 0. The van der Waals surface area contributed by atoms with Gasteiger partial charge in [-0.3, -0.25) is 0 Å². The van der Waals surface area contributed by atoms with Gasteiger partial charge in [0.05, 0.1) is 18.2 Å². The molecule has 3 heterocycles. The minimum absolute atomic E-state index is 0.210. The first kappa shape index (κ1) is 17.3. The van der Waals surface area contributed by atoms with E-state index in [0.29, 0.717) is 19.5 Å². The Hall–Kier alpha value is -3.15. The maximum Gasteiger partial charge on any atom is 0.146 e. The third-order valence-corrected chi connectivity index (χ3v) is 4.89. The van der Waals surface area contributed by atoms with Crippen LogP contribution >= 0.6 is 0 Å². The van der Waals surface area contributed by atoms with Crippen molar-refractivity contribution in [2.24, 2.45) is 0 Å². The number of aromatic nitrogens is 3. The van der Waals surface area contributed by atoms with Gasteiger partial charge in [0.1, 0.15) is 29.4 Å². The molecule has 4 rings (SSSR count). The molecule has 1 N–H and O–H groups in total. The van der Waals surface area contributed by atoms with Crippen LogP contribution in [0.2, 0.25) is 0 Å². The Morgan fingerprint density at radius 3 is 2.81 bits per heavy atom. The number of halogens is 1. The zero-order valence-electron chi connectivity index (χ0n) is 15.4. The number of anilines is 1. The van der Waals surface area contributed by atoms with Gasteiger partial charge in [-0.15, -0.1) is 0 Å². The van der Waals surface area contributed by atoms with Crippen molar-refractivity contribution in [2.75, 3.05) is 11.9 Å². The lowest BCUT2D eigenvalue weighted by atomic mass is 10.1. The predicted octanol–water partition coefficient (Wildman–Crippen LogP) is 4.48. The highest BCUT2D eigenvalue weighted by Crippen LogP contribution is 2.29. The third-order valence-electron chi connectivity index (χ3n) is 4.89. The number of hydrogen-bond acceptors (Lipinski definition) is 4. The fourth-order valence-corrected chi connectivity index (χ4v) is 3.37. The molecule has 0 aliphatic heterocycles. The van der Waals surface area contributed by atoms with Crippen LogP contribution in [0.3, 0.4) is 0 Å². The van der Waals surface area contributed by atoms with Crippen molar-refractivity contribution in [3.05, 3.63) is 77.4 Å². The van der Waals surface area contributed by atoms with Crippen LogP contribution in [0.25, 0.3) is 11.0 Å². The number of furan rings is 1. The molecule has 4 aromatic rings. The van der Waals surface area contributed by atoms with Crippen LogP contribution in [0.1, 0.15) is 22.6 Å². The van der Waals surface area contributed by atoms with Gasteiger partial charge in [-0.1, -0.05) is 12.1 Å². The van der Waals surface area contributed by atoms with E-state index >= 15 is 0 Å². The van der Waals surface area contributed by atoms with E-state index in [9.17, 15) is 4.39 Å². The van der Waals surface area contributed by atoms with Gasteiger partial charge in [-0.25, -0.2) is 14.4 Å². The maximum atomic E-state index is 13.3. The van der Waals surface area contributed by atoms with E-state index in [4.69, 9.17) is 4.42 Å². The molecular formula is C21H21FN4O. The lowest BCUT2D eigenvalue weighted by Gasteiger charge is -2.08. The molecule has 1 aromatic carbocycles. The molecule has 0 aliphatic carbocycles. The summed E-state index contributed by atoms with van der Waals surface area (Å²) in [6.07, 6.45) is 3.97. The van der Waals surface area contributed by atoms with Crippen LogP contribution in [0.15, 0.2) is 53.4 Å². The first-order chi connectivity index (χ1) is 13.1. The highest BCUT2D eigenvalue weighted by Gasteiger charge is 2.17. The van der Waals surface area contributed by atoms with Crippen molar-refractivity contribution in [3.8, 4) is 0 Å². The fraction of sp³-hybridized carbons (Fsp3) is 0.238. The summed E-state index contributed by atoms with van der Waals surface area (Å²) in [4.78, 5) is 8.94. The summed E-state index contributed by atoms with van der Waals surface area (Å²) in [5.74, 6) is 1.47. The normalized spacial score (nSPS) is 11.2. The van der Waals surface area contributed by atoms with E-state index in [2.05, 4.69) is 33.7 Å². The first-order valence-corrected chi connectivity index (χ1v) is 8.94. The van der Waals surface area contributed by atoms with Gasteiger partial charge in [0.15, 0.2) is 0 Å². The molecule has 5 nitrogen and oxygen atoms in total. The first-order valence-electron chi connectivity index (χ1n) is 8.94. The van der Waals surface area contributed by atoms with Gasteiger partial charge in [-0.05, 0) is 55.7 Å². The SMILES string of the molecule is Cc1c(C)n(Cc2ccco2)c2ncnc(NCCc3cccc(F)c3)c12. The highest BCUT2D eigenvalue weighted by atomic mass is 19.1. The quantitative estimate of drug-likeness (QED) is 0.548. The van der Waals surface area contributed by atoms with E-state index in [1.165, 1.54) is 6.07 Å². The molecule has 0 bridgehead atoms. The molecule has 27 heavy (non-hydrogen) atoms. The molecule has 0 fully saturated rings. The van der Waals surface area contributed by atoms with Crippen LogP contribution in [0.5, 0.6) is 0 Å². The molecule has 0 saturated heterocycles. The van der Waals surface area contributed by atoms with Gasteiger partial charge in [-0.2, -0.15) is 0 Å². The van der Waals surface area contributed by atoms with Crippen molar-refractivity contribution < 1.29 is 8.81 Å². The Balaban J connectivity index is 1.60. The van der Waals surface area contributed by atoms with Crippen molar-refractivity contribution in [3.63, 3.8) is 0 Å². The van der Waals surface area contributed by atoms with E-state index in [0.717, 1.165) is 39.4 Å². The van der Waals surface area contributed by atoms with E-state index < -0.39 is 0 Å². The number of nitrogens with one attached hydrogen (secondary N) is 1. The second-order valence-corrected chi connectivity index (χ2v) is 6.60. The molecular weight excluding hydrogens is 343 g/mol. The molecule has 138 valence electrons. The largest absolute Gasteiger partial charge is 0.467 e. The van der Waals surface area contributed by atoms with E-state index in [1.807, 2.05) is 18.2 Å². The monoisotopic (exact) mass is 364 g/mol. The molecule has 0 saturated carbocycles. The maximum absolute atomic E-state index is 13.3. The van der Waals surface area contributed by atoms with Crippen LogP contribution in [-0.2, 0) is 13.0 Å². The molecule has 0 radical (unpaired) electrons. The number of aryl methyl sites for hydroxylation is 1. The Morgan fingerprint density at radius 2 is 2.04 bits per heavy atom. The fourth-order valence-electron chi connectivity index (χ4n) is 3.37. The molecule has 3 aromatic heterocycles. The summed E-state index contributed by atoms with van der Waals surface area (Å²) in [7, 11) is 0.